The number of methoxy groups -OCH3 is 1. The normalized spacial score (nSPS) is 11.8. The number of benzene rings is 2. The molecule has 0 bridgehead atoms. The van der Waals surface area contributed by atoms with E-state index in [9.17, 15) is 9.59 Å². The predicted octanol–water partition coefficient (Wildman–Crippen LogP) is 3.32. The van der Waals surface area contributed by atoms with E-state index >= 15 is 0 Å². The molecule has 0 atom stereocenters. The Morgan fingerprint density at radius 2 is 2.00 bits per heavy atom. The fourth-order valence-corrected chi connectivity index (χ4v) is 3.09. The van der Waals surface area contributed by atoms with Crippen LogP contribution in [0.25, 0.3) is 11.4 Å². The molecule has 0 spiro atoms. The molecule has 28 heavy (non-hydrogen) atoms. The molecule has 4 rings (SSSR count). The van der Waals surface area contributed by atoms with Crippen LogP contribution in [0.1, 0.15) is 28.4 Å². The van der Waals surface area contributed by atoms with E-state index in [2.05, 4.69) is 9.97 Å². The van der Waals surface area contributed by atoms with Crippen molar-refractivity contribution < 1.29 is 19.0 Å². The fraction of sp³-hybridized carbons (Fsp3) is 0.190. The van der Waals surface area contributed by atoms with E-state index in [-0.39, 0.29) is 11.4 Å². The molecule has 2 heterocycles. The van der Waals surface area contributed by atoms with Crippen LogP contribution in [-0.4, -0.2) is 29.7 Å². The van der Waals surface area contributed by atoms with Gasteiger partial charge in [0.1, 0.15) is 17.3 Å². The molecule has 2 aromatic carbocycles. The number of hydrogen-bond donors (Lipinski definition) is 1. The van der Waals surface area contributed by atoms with Gasteiger partial charge in [0.05, 0.1) is 24.8 Å². The molecular weight excluding hydrogens is 360 g/mol. The first-order valence-corrected chi connectivity index (χ1v) is 8.84. The van der Waals surface area contributed by atoms with Crippen LogP contribution < -0.4 is 15.0 Å². The lowest BCUT2D eigenvalue weighted by molar-refractivity contribution is 0.0600. The van der Waals surface area contributed by atoms with Gasteiger partial charge >= 0.3 is 5.97 Å². The van der Waals surface area contributed by atoms with Crippen molar-refractivity contribution >= 4 is 5.97 Å². The van der Waals surface area contributed by atoms with Crippen LogP contribution >= 0.6 is 0 Å². The SMILES string of the molecule is CCOc1ccc(-c2nc3c(c(=O)[nH]2)Cc2cc(C(=O)OC)ccc2O3)cc1. The molecule has 0 fully saturated rings. The summed E-state index contributed by atoms with van der Waals surface area (Å²) in [6.07, 6.45) is 0.321. The van der Waals surface area contributed by atoms with Crippen LogP contribution in [0.2, 0.25) is 0 Å². The second kappa shape index (κ2) is 7.19. The Hall–Kier alpha value is -3.61. The van der Waals surface area contributed by atoms with Gasteiger partial charge in [0.15, 0.2) is 0 Å². The highest BCUT2D eigenvalue weighted by Crippen LogP contribution is 2.35. The number of fused-ring (bicyclic) bond motifs is 2. The van der Waals surface area contributed by atoms with Crippen molar-refractivity contribution in [2.45, 2.75) is 13.3 Å². The summed E-state index contributed by atoms with van der Waals surface area (Å²) in [7, 11) is 1.32. The maximum absolute atomic E-state index is 12.6. The summed E-state index contributed by atoms with van der Waals surface area (Å²) in [5.41, 5.74) is 2.03. The molecule has 1 aliphatic heterocycles. The van der Waals surface area contributed by atoms with Gasteiger partial charge in [-0.2, -0.15) is 4.98 Å². The standard InChI is InChI=1S/C21H18N2O5/c1-3-27-15-7-4-12(5-8-15)18-22-19(24)16-11-14-10-13(21(25)26-2)6-9-17(14)28-20(16)23-18/h4-10H,3,11H2,1-2H3,(H,22,23,24). The minimum Gasteiger partial charge on any atom is -0.494 e. The van der Waals surface area contributed by atoms with Crippen molar-refractivity contribution in [3.05, 3.63) is 69.5 Å². The summed E-state index contributed by atoms with van der Waals surface area (Å²) in [5.74, 6) is 1.56. The maximum atomic E-state index is 12.6. The zero-order valence-corrected chi connectivity index (χ0v) is 15.4. The molecule has 0 radical (unpaired) electrons. The summed E-state index contributed by atoms with van der Waals surface area (Å²) in [6.45, 7) is 2.50. The van der Waals surface area contributed by atoms with Crippen LogP contribution in [0.4, 0.5) is 0 Å². The van der Waals surface area contributed by atoms with Crippen molar-refractivity contribution in [2.75, 3.05) is 13.7 Å². The van der Waals surface area contributed by atoms with Crippen molar-refractivity contribution in [3.63, 3.8) is 0 Å². The lowest BCUT2D eigenvalue weighted by Crippen LogP contribution is -2.20. The monoisotopic (exact) mass is 378 g/mol. The van der Waals surface area contributed by atoms with Gasteiger partial charge in [0, 0.05) is 17.5 Å². The molecular formula is C21H18N2O5. The summed E-state index contributed by atoms with van der Waals surface area (Å²) in [6, 6.07) is 12.3. The van der Waals surface area contributed by atoms with Gasteiger partial charge in [-0.25, -0.2) is 4.79 Å². The lowest BCUT2D eigenvalue weighted by Gasteiger charge is -2.19. The number of aromatic nitrogens is 2. The first-order valence-electron chi connectivity index (χ1n) is 8.84. The van der Waals surface area contributed by atoms with Crippen molar-refractivity contribution in [3.8, 4) is 28.8 Å². The molecule has 3 aromatic rings. The second-order valence-corrected chi connectivity index (χ2v) is 6.25. The molecule has 0 saturated heterocycles. The van der Waals surface area contributed by atoms with Crippen LogP contribution in [0.3, 0.4) is 0 Å². The number of esters is 1. The Labute approximate surface area is 160 Å². The minimum atomic E-state index is -0.438. The van der Waals surface area contributed by atoms with Gasteiger partial charge < -0.3 is 19.2 Å². The van der Waals surface area contributed by atoms with E-state index in [4.69, 9.17) is 14.2 Å². The molecule has 0 amide bonds. The number of hydrogen-bond acceptors (Lipinski definition) is 6. The Bertz CT molecular complexity index is 1100. The molecule has 7 heteroatoms. The summed E-state index contributed by atoms with van der Waals surface area (Å²) in [5, 5.41) is 0. The highest BCUT2D eigenvalue weighted by Gasteiger charge is 2.23. The molecule has 1 N–H and O–H groups in total. The first kappa shape index (κ1) is 17.8. The van der Waals surface area contributed by atoms with Gasteiger partial charge in [0.25, 0.3) is 5.56 Å². The first-order chi connectivity index (χ1) is 13.6. The van der Waals surface area contributed by atoms with E-state index in [0.717, 1.165) is 16.9 Å². The van der Waals surface area contributed by atoms with Gasteiger partial charge in [-0.15, -0.1) is 0 Å². The van der Waals surface area contributed by atoms with E-state index in [1.54, 1.807) is 18.2 Å². The van der Waals surface area contributed by atoms with Gasteiger partial charge in [-0.05, 0) is 49.4 Å². The summed E-state index contributed by atoms with van der Waals surface area (Å²) in [4.78, 5) is 31.6. The zero-order valence-electron chi connectivity index (χ0n) is 15.4. The average molecular weight is 378 g/mol. The number of carbonyl (C=O) groups is 1. The number of ether oxygens (including phenoxy) is 3. The molecule has 1 aliphatic rings. The smallest absolute Gasteiger partial charge is 0.337 e. The number of rotatable bonds is 4. The second-order valence-electron chi connectivity index (χ2n) is 6.25. The van der Waals surface area contributed by atoms with Gasteiger partial charge in [-0.1, -0.05) is 0 Å². The zero-order chi connectivity index (χ0) is 19.7. The molecule has 142 valence electrons. The lowest BCUT2D eigenvalue weighted by atomic mass is 10.0. The Balaban J connectivity index is 1.68. The van der Waals surface area contributed by atoms with Gasteiger partial charge in [-0.3, -0.25) is 4.79 Å². The van der Waals surface area contributed by atoms with Crippen LogP contribution in [0, 0.1) is 0 Å². The van der Waals surface area contributed by atoms with Crippen LogP contribution in [0.15, 0.2) is 47.3 Å². The third kappa shape index (κ3) is 3.22. The van der Waals surface area contributed by atoms with Crippen LogP contribution in [0.5, 0.6) is 17.4 Å². The number of nitrogens with zero attached hydrogens (tertiary/aromatic N) is 1. The Morgan fingerprint density at radius 3 is 2.71 bits per heavy atom. The Morgan fingerprint density at radius 1 is 1.21 bits per heavy atom. The third-order valence-corrected chi connectivity index (χ3v) is 4.47. The molecule has 0 saturated carbocycles. The fourth-order valence-electron chi connectivity index (χ4n) is 3.09. The van der Waals surface area contributed by atoms with Crippen molar-refractivity contribution in [1.82, 2.24) is 9.97 Å². The van der Waals surface area contributed by atoms with E-state index in [1.165, 1.54) is 7.11 Å². The number of carbonyl (C=O) groups excluding carboxylic acids is 1. The highest BCUT2D eigenvalue weighted by molar-refractivity contribution is 5.89. The van der Waals surface area contributed by atoms with Gasteiger partial charge in [0.2, 0.25) is 5.88 Å². The highest BCUT2D eigenvalue weighted by atomic mass is 16.5. The van der Waals surface area contributed by atoms with E-state index < -0.39 is 5.97 Å². The minimum absolute atomic E-state index is 0.269. The van der Waals surface area contributed by atoms with E-state index in [1.807, 2.05) is 31.2 Å². The van der Waals surface area contributed by atoms with Crippen LogP contribution in [-0.2, 0) is 11.2 Å². The third-order valence-electron chi connectivity index (χ3n) is 4.47. The average Bonchev–Trinajstić information content (AvgIpc) is 2.72. The topological polar surface area (TPSA) is 90.5 Å². The largest absolute Gasteiger partial charge is 0.494 e. The molecule has 0 aliphatic carbocycles. The molecule has 0 unspecified atom stereocenters. The quantitative estimate of drug-likeness (QED) is 0.548. The maximum Gasteiger partial charge on any atom is 0.337 e. The number of nitrogens with one attached hydrogen (secondary N) is 1. The summed E-state index contributed by atoms with van der Waals surface area (Å²) < 4.78 is 16.0. The van der Waals surface area contributed by atoms with E-state index in [0.29, 0.717) is 35.7 Å². The molecule has 1 aromatic heterocycles. The Kier molecular flexibility index (Phi) is 4.57. The summed E-state index contributed by atoms with van der Waals surface area (Å²) >= 11 is 0. The number of aromatic amines is 1. The predicted molar refractivity (Wildman–Crippen MR) is 102 cm³/mol. The van der Waals surface area contributed by atoms with Crippen molar-refractivity contribution in [2.24, 2.45) is 0 Å². The number of H-pyrrole nitrogens is 1. The molecule has 7 nitrogen and oxygen atoms in total. The van der Waals surface area contributed by atoms with Crippen molar-refractivity contribution in [1.29, 1.82) is 0 Å².